The van der Waals surface area contributed by atoms with Crippen LogP contribution >= 0.6 is 11.8 Å². The van der Waals surface area contributed by atoms with Gasteiger partial charge in [-0.25, -0.2) is 0 Å². The molecule has 1 amide bonds. The number of nitrogens with two attached hydrogens (primary N) is 1. The minimum absolute atomic E-state index is 0.227. The van der Waals surface area contributed by atoms with E-state index >= 15 is 0 Å². The fourth-order valence-corrected chi connectivity index (χ4v) is 2.44. The summed E-state index contributed by atoms with van der Waals surface area (Å²) < 4.78 is 4.85. The number of ether oxygens (including phenoxy) is 1. The number of hydrogen-bond donors (Lipinski definition) is 1. The van der Waals surface area contributed by atoms with Crippen LogP contribution in [0.5, 0.6) is 0 Å². The zero-order valence-corrected chi connectivity index (χ0v) is 9.73. The minimum Gasteiger partial charge on any atom is -0.381 e. The average Bonchev–Trinajstić information content (AvgIpc) is 2.16. The number of amides is 1. The lowest BCUT2D eigenvalue weighted by Gasteiger charge is -2.26. The van der Waals surface area contributed by atoms with Crippen molar-refractivity contribution in [1.29, 1.82) is 0 Å². The van der Waals surface area contributed by atoms with Crippen molar-refractivity contribution in [2.75, 3.05) is 19.0 Å². The molecule has 14 heavy (non-hydrogen) atoms. The number of primary amides is 1. The second-order valence-electron chi connectivity index (χ2n) is 4.24. The van der Waals surface area contributed by atoms with E-state index in [4.69, 9.17) is 10.5 Å². The highest BCUT2D eigenvalue weighted by Gasteiger charge is 2.27. The Morgan fingerprint density at radius 3 is 2.57 bits per heavy atom. The Bertz CT molecular complexity index is 200. The molecule has 0 aliphatic carbocycles. The van der Waals surface area contributed by atoms with E-state index in [9.17, 15) is 4.79 Å². The first-order valence-electron chi connectivity index (χ1n) is 5.04. The highest BCUT2D eigenvalue weighted by Crippen LogP contribution is 2.29. The maximum absolute atomic E-state index is 11.1. The Balaban J connectivity index is 2.28. The van der Waals surface area contributed by atoms with Crippen LogP contribution < -0.4 is 5.73 Å². The molecule has 0 radical (unpaired) electrons. The summed E-state index contributed by atoms with van der Waals surface area (Å²) in [6.07, 6.45) is 2.23. The first-order chi connectivity index (χ1) is 6.52. The van der Waals surface area contributed by atoms with Gasteiger partial charge in [0.15, 0.2) is 0 Å². The molecule has 3 nitrogen and oxygen atoms in total. The molecule has 0 spiro atoms. The van der Waals surface area contributed by atoms with E-state index in [0.29, 0.717) is 5.92 Å². The van der Waals surface area contributed by atoms with E-state index in [1.807, 2.05) is 13.8 Å². The third kappa shape index (κ3) is 3.50. The molecule has 1 saturated heterocycles. The summed E-state index contributed by atoms with van der Waals surface area (Å²) in [6, 6.07) is 0. The molecule has 0 unspecified atom stereocenters. The number of carbonyl (C=O) groups excluding carboxylic acids is 1. The van der Waals surface area contributed by atoms with Crippen LogP contribution in [0.1, 0.15) is 26.7 Å². The fraction of sp³-hybridized carbons (Fsp3) is 0.900. The summed E-state index contributed by atoms with van der Waals surface area (Å²) in [4.78, 5) is 11.1. The lowest BCUT2D eigenvalue weighted by Crippen LogP contribution is -2.36. The molecule has 4 heteroatoms. The Labute approximate surface area is 89.8 Å². The Morgan fingerprint density at radius 1 is 1.50 bits per heavy atom. The van der Waals surface area contributed by atoms with Crippen LogP contribution in [0.4, 0.5) is 0 Å². The van der Waals surface area contributed by atoms with E-state index in [1.54, 1.807) is 11.8 Å². The molecule has 0 aromatic heterocycles. The van der Waals surface area contributed by atoms with E-state index in [0.717, 1.165) is 31.8 Å². The largest absolute Gasteiger partial charge is 0.381 e. The minimum atomic E-state index is -0.432. The Morgan fingerprint density at radius 2 is 2.07 bits per heavy atom. The summed E-state index contributed by atoms with van der Waals surface area (Å²) in [7, 11) is 0. The SMILES string of the molecule is CC(C)(SCC1CCOCC1)C(N)=O. The topological polar surface area (TPSA) is 52.3 Å². The van der Waals surface area contributed by atoms with Gasteiger partial charge in [-0.3, -0.25) is 4.79 Å². The van der Waals surface area contributed by atoms with Crippen LogP contribution in [0.3, 0.4) is 0 Å². The average molecular weight is 217 g/mol. The first kappa shape index (κ1) is 11.9. The fourth-order valence-electron chi connectivity index (χ4n) is 1.31. The molecule has 82 valence electrons. The van der Waals surface area contributed by atoms with Crippen LogP contribution in [-0.4, -0.2) is 29.6 Å². The normalized spacial score (nSPS) is 19.6. The molecule has 0 atom stereocenters. The lowest BCUT2D eigenvalue weighted by atomic mass is 10.0. The van der Waals surface area contributed by atoms with Crippen molar-refractivity contribution in [3.63, 3.8) is 0 Å². The van der Waals surface area contributed by atoms with Crippen molar-refractivity contribution in [2.24, 2.45) is 11.7 Å². The molecule has 1 rings (SSSR count). The highest BCUT2D eigenvalue weighted by atomic mass is 32.2. The molecular formula is C10H19NO2S. The molecule has 0 aromatic carbocycles. The molecule has 0 aromatic rings. The van der Waals surface area contributed by atoms with Gasteiger partial charge >= 0.3 is 0 Å². The van der Waals surface area contributed by atoms with E-state index in [2.05, 4.69) is 0 Å². The third-order valence-electron chi connectivity index (χ3n) is 2.61. The van der Waals surface area contributed by atoms with Gasteiger partial charge in [-0.2, -0.15) is 0 Å². The van der Waals surface area contributed by atoms with Crippen molar-refractivity contribution >= 4 is 17.7 Å². The maximum atomic E-state index is 11.1. The van der Waals surface area contributed by atoms with Gasteiger partial charge in [-0.15, -0.1) is 11.8 Å². The quantitative estimate of drug-likeness (QED) is 0.774. The summed E-state index contributed by atoms with van der Waals surface area (Å²) in [5.41, 5.74) is 5.30. The number of carbonyl (C=O) groups is 1. The molecule has 1 aliphatic rings. The van der Waals surface area contributed by atoms with Gasteiger partial charge in [-0.1, -0.05) is 0 Å². The van der Waals surface area contributed by atoms with Crippen LogP contribution in [0.15, 0.2) is 0 Å². The van der Waals surface area contributed by atoms with Crippen LogP contribution in [0.25, 0.3) is 0 Å². The van der Waals surface area contributed by atoms with Crippen molar-refractivity contribution in [3.8, 4) is 0 Å². The first-order valence-corrected chi connectivity index (χ1v) is 6.02. The predicted octanol–water partition coefficient (Wildman–Crippen LogP) is 1.41. The molecular weight excluding hydrogens is 198 g/mol. The van der Waals surface area contributed by atoms with Gasteiger partial charge in [0.05, 0.1) is 4.75 Å². The van der Waals surface area contributed by atoms with Gasteiger partial charge in [0.1, 0.15) is 0 Å². The smallest absolute Gasteiger partial charge is 0.233 e. The molecule has 0 bridgehead atoms. The number of hydrogen-bond acceptors (Lipinski definition) is 3. The van der Waals surface area contributed by atoms with E-state index in [-0.39, 0.29) is 5.91 Å². The van der Waals surface area contributed by atoms with Gasteiger partial charge < -0.3 is 10.5 Å². The Kier molecular flexibility index (Phi) is 4.26. The summed E-state index contributed by atoms with van der Waals surface area (Å²) in [6.45, 7) is 5.50. The van der Waals surface area contributed by atoms with Crippen LogP contribution in [-0.2, 0) is 9.53 Å². The van der Waals surface area contributed by atoms with Crippen LogP contribution in [0.2, 0.25) is 0 Å². The summed E-state index contributed by atoms with van der Waals surface area (Å²) in [5.74, 6) is 1.47. The van der Waals surface area contributed by atoms with Crippen molar-refractivity contribution in [3.05, 3.63) is 0 Å². The van der Waals surface area contributed by atoms with Gasteiger partial charge in [0.25, 0.3) is 0 Å². The van der Waals surface area contributed by atoms with Gasteiger partial charge in [0.2, 0.25) is 5.91 Å². The second-order valence-corrected chi connectivity index (χ2v) is 5.88. The lowest BCUT2D eigenvalue weighted by molar-refractivity contribution is -0.119. The zero-order valence-electron chi connectivity index (χ0n) is 8.91. The molecule has 1 heterocycles. The van der Waals surface area contributed by atoms with E-state index < -0.39 is 4.75 Å². The van der Waals surface area contributed by atoms with Crippen molar-refractivity contribution in [2.45, 2.75) is 31.4 Å². The third-order valence-corrected chi connectivity index (χ3v) is 4.18. The summed E-state index contributed by atoms with van der Waals surface area (Å²) >= 11 is 1.66. The highest BCUT2D eigenvalue weighted by molar-refractivity contribution is 8.01. The van der Waals surface area contributed by atoms with Crippen molar-refractivity contribution in [1.82, 2.24) is 0 Å². The molecule has 0 saturated carbocycles. The number of rotatable bonds is 4. The molecule has 1 aliphatic heterocycles. The molecule has 2 N–H and O–H groups in total. The van der Waals surface area contributed by atoms with Gasteiger partial charge in [-0.05, 0) is 38.4 Å². The predicted molar refractivity (Wildman–Crippen MR) is 59.3 cm³/mol. The van der Waals surface area contributed by atoms with Crippen LogP contribution in [0, 0.1) is 5.92 Å². The summed E-state index contributed by atoms with van der Waals surface area (Å²) in [5, 5.41) is 0. The Hall–Kier alpha value is -0.220. The zero-order chi connectivity index (χ0) is 10.6. The standard InChI is InChI=1S/C10H19NO2S/c1-10(2,9(11)12)14-7-8-3-5-13-6-4-8/h8H,3-7H2,1-2H3,(H2,11,12). The maximum Gasteiger partial charge on any atom is 0.233 e. The number of thioether (sulfide) groups is 1. The van der Waals surface area contributed by atoms with Crippen molar-refractivity contribution < 1.29 is 9.53 Å². The second kappa shape index (κ2) is 5.03. The molecule has 1 fully saturated rings. The van der Waals surface area contributed by atoms with E-state index in [1.165, 1.54) is 0 Å². The monoisotopic (exact) mass is 217 g/mol. The van der Waals surface area contributed by atoms with Gasteiger partial charge in [0, 0.05) is 13.2 Å².